The third kappa shape index (κ3) is 2.19. The first-order valence-corrected chi connectivity index (χ1v) is 4.54. The van der Waals surface area contributed by atoms with E-state index in [0.29, 0.717) is 0 Å². The molecule has 0 aliphatic rings. The summed E-state index contributed by atoms with van der Waals surface area (Å²) in [5, 5.41) is -0.419. The van der Waals surface area contributed by atoms with Crippen molar-refractivity contribution in [1.82, 2.24) is 4.98 Å². The van der Waals surface area contributed by atoms with Crippen LogP contribution in [0.3, 0.4) is 0 Å². The normalized spacial score (nSPS) is 10.6. The van der Waals surface area contributed by atoms with E-state index >= 15 is 0 Å². The number of hydrogen-bond acceptors (Lipinski definition) is 2. The highest BCUT2D eigenvalue weighted by Gasteiger charge is 2.18. The van der Waals surface area contributed by atoms with Crippen LogP contribution in [0.15, 0.2) is 10.5 Å². The Kier molecular flexibility index (Phi) is 3.38. The molecule has 1 heterocycles. The van der Waals surface area contributed by atoms with Crippen molar-refractivity contribution in [2.75, 3.05) is 0 Å². The van der Waals surface area contributed by atoms with E-state index in [0.717, 1.165) is 6.07 Å². The maximum atomic E-state index is 12.3. The Bertz CT molecular complexity index is 386. The van der Waals surface area contributed by atoms with Gasteiger partial charge in [0, 0.05) is 4.47 Å². The minimum atomic E-state index is -2.74. The number of nitrogens with two attached hydrogens (primary N) is 1. The van der Waals surface area contributed by atoms with Gasteiger partial charge in [-0.25, -0.2) is 13.8 Å². The van der Waals surface area contributed by atoms with Crippen molar-refractivity contribution in [2.45, 2.75) is 6.43 Å². The number of amides is 1. The number of pyridine rings is 1. The molecule has 0 aliphatic heterocycles. The molecule has 0 unspecified atom stereocenters. The van der Waals surface area contributed by atoms with Crippen LogP contribution in [0, 0.1) is 0 Å². The van der Waals surface area contributed by atoms with Crippen molar-refractivity contribution >= 4 is 33.4 Å². The van der Waals surface area contributed by atoms with Gasteiger partial charge in [0.05, 0.1) is 5.56 Å². The second-order valence-electron chi connectivity index (χ2n) is 2.36. The van der Waals surface area contributed by atoms with Crippen molar-refractivity contribution in [1.29, 1.82) is 0 Å². The summed E-state index contributed by atoms with van der Waals surface area (Å²) in [5.41, 5.74) is 4.32. The predicted molar refractivity (Wildman–Crippen MR) is 50.4 cm³/mol. The smallest absolute Gasteiger partial charge is 0.268 e. The SMILES string of the molecule is NC(=O)c1nc(Cl)c(C(F)F)cc1Br. The molecule has 0 aromatic carbocycles. The van der Waals surface area contributed by atoms with E-state index in [9.17, 15) is 13.6 Å². The van der Waals surface area contributed by atoms with Gasteiger partial charge in [-0.15, -0.1) is 0 Å². The topological polar surface area (TPSA) is 56.0 Å². The molecule has 1 rings (SSSR count). The first kappa shape index (κ1) is 11.3. The van der Waals surface area contributed by atoms with E-state index in [2.05, 4.69) is 20.9 Å². The molecule has 0 saturated heterocycles. The maximum Gasteiger partial charge on any atom is 0.268 e. The number of halogens is 4. The highest BCUT2D eigenvalue weighted by Crippen LogP contribution is 2.29. The molecule has 0 saturated carbocycles. The predicted octanol–water partition coefficient (Wildman–Crippen LogP) is 2.53. The quantitative estimate of drug-likeness (QED) is 0.849. The van der Waals surface area contributed by atoms with Crippen molar-refractivity contribution in [3.63, 3.8) is 0 Å². The average molecular weight is 285 g/mol. The van der Waals surface area contributed by atoms with Crippen molar-refractivity contribution in [3.8, 4) is 0 Å². The second kappa shape index (κ2) is 4.18. The Morgan fingerprint density at radius 3 is 2.64 bits per heavy atom. The molecule has 14 heavy (non-hydrogen) atoms. The van der Waals surface area contributed by atoms with Gasteiger partial charge >= 0.3 is 0 Å². The van der Waals surface area contributed by atoms with Gasteiger partial charge in [0.2, 0.25) is 0 Å². The van der Waals surface area contributed by atoms with Gasteiger partial charge in [-0.3, -0.25) is 4.79 Å². The van der Waals surface area contributed by atoms with E-state index in [1.165, 1.54) is 0 Å². The Balaban J connectivity index is 3.31. The number of carbonyl (C=O) groups is 1. The summed E-state index contributed by atoms with van der Waals surface area (Å²) in [4.78, 5) is 14.2. The van der Waals surface area contributed by atoms with Gasteiger partial charge in [0.15, 0.2) is 0 Å². The molecule has 0 aliphatic carbocycles. The molecule has 1 aromatic heterocycles. The highest BCUT2D eigenvalue weighted by atomic mass is 79.9. The fourth-order valence-corrected chi connectivity index (χ4v) is 1.56. The first-order valence-electron chi connectivity index (χ1n) is 3.37. The van der Waals surface area contributed by atoms with Crippen molar-refractivity contribution < 1.29 is 13.6 Å². The van der Waals surface area contributed by atoms with Gasteiger partial charge in [-0.05, 0) is 22.0 Å². The highest BCUT2D eigenvalue weighted by molar-refractivity contribution is 9.10. The zero-order valence-corrected chi connectivity index (χ0v) is 8.94. The number of carbonyl (C=O) groups excluding carboxylic acids is 1. The number of hydrogen-bond donors (Lipinski definition) is 1. The van der Waals surface area contributed by atoms with E-state index < -0.39 is 23.0 Å². The second-order valence-corrected chi connectivity index (χ2v) is 3.58. The Morgan fingerprint density at radius 2 is 2.21 bits per heavy atom. The zero-order chi connectivity index (χ0) is 10.9. The standard InChI is InChI=1S/C7H4BrClF2N2O/c8-3-1-2(6(10)11)5(9)13-4(3)7(12)14/h1,6H,(H2,12,14). The lowest BCUT2D eigenvalue weighted by atomic mass is 10.2. The maximum absolute atomic E-state index is 12.3. The van der Waals surface area contributed by atoms with E-state index in [4.69, 9.17) is 17.3 Å². The molecule has 76 valence electrons. The van der Waals surface area contributed by atoms with E-state index in [-0.39, 0.29) is 10.2 Å². The van der Waals surface area contributed by atoms with Crippen LogP contribution >= 0.6 is 27.5 Å². The van der Waals surface area contributed by atoms with Crippen molar-refractivity contribution in [3.05, 3.63) is 26.9 Å². The summed E-state index contributed by atoms with van der Waals surface area (Å²) in [6.07, 6.45) is -2.74. The summed E-state index contributed by atoms with van der Waals surface area (Å²) >= 11 is 8.32. The van der Waals surface area contributed by atoms with Crippen LogP contribution in [-0.4, -0.2) is 10.9 Å². The summed E-state index contributed by atoms with van der Waals surface area (Å²) in [7, 11) is 0. The number of nitrogens with zero attached hydrogens (tertiary/aromatic N) is 1. The van der Waals surface area contributed by atoms with Gasteiger partial charge < -0.3 is 5.73 Å². The van der Waals surface area contributed by atoms with Gasteiger partial charge in [-0.2, -0.15) is 0 Å². The van der Waals surface area contributed by atoms with Gasteiger partial charge in [-0.1, -0.05) is 11.6 Å². The van der Waals surface area contributed by atoms with Crippen LogP contribution in [0.1, 0.15) is 22.5 Å². The molecule has 2 N–H and O–H groups in total. The Labute approximate surface area is 91.4 Å². The summed E-state index contributed by atoms with van der Waals surface area (Å²) in [6.45, 7) is 0. The molecule has 1 aromatic rings. The number of aromatic nitrogens is 1. The number of rotatable bonds is 2. The third-order valence-electron chi connectivity index (χ3n) is 1.43. The van der Waals surface area contributed by atoms with Gasteiger partial charge in [0.25, 0.3) is 12.3 Å². The minimum absolute atomic E-state index is 0.102. The first-order chi connectivity index (χ1) is 6.43. The lowest BCUT2D eigenvalue weighted by Gasteiger charge is -2.05. The average Bonchev–Trinajstić information content (AvgIpc) is 2.07. The largest absolute Gasteiger partial charge is 0.364 e. The summed E-state index contributed by atoms with van der Waals surface area (Å²) in [6, 6.07) is 1.03. The summed E-state index contributed by atoms with van der Waals surface area (Å²) in [5.74, 6) is -0.834. The van der Waals surface area contributed by atoms with Crippen LogP contribution in [0.4, 0.5) is 8.78 Å². The van der Waals surface area contributed by atoms with Crippen molar-refractivity contribution in [2.24, 2.45) is 5.73 Å². The third-order valence-corrected chi connectivity index (χ3v) is 2.33. The molecule has 0 radical (unpaired) electrons. The lowest BCUT2D eigenvalue weighted by molar-refractivity contribution is 0.0994. The van der Waals surface area contributed by atoms with Crippen LogP contribution in [0.5, 0.6) is 0 Å². The van der Waals surface area contributed by atoms with E-state index in [1.807, 2.05) is 0 Å². The van der Waals surface area contributed by atoms with Crippen LogP contribution in [-0.2, 0) is 0 Å². The molecule has 3 nitrogen and oxygen atoms in total. The molecule has 0 atom stereocenters. The molecule has 0 bridgehead atoms. The fraction of sp³-hybridized carbons (Fsp3) is 0.143. The molecule has 0 fully saturated rings. The van der Waals surface area contributed by atoms with E-state index in [1.54, 1.807) is 0 Å². The lowest BCUT2D eigenvalue weighted by Crippen LogP contribution is -2.14. The molecule has 1 amide bonds. The number of primary amides is 1. The fourth-order valence-electron chi connectivity index (χ4n) is 0.806. The van der Waals surface area contributed by atoms with Crippen LogP contribution < -0.4 is 5.73 Å². The number of alkyl halides is 2. The molecular formula is C7H4BrClF2N2O. The molecule has 7 heteroatoms. The summed E-state index contributed by atoms with van der Waals surface area (Å²) < 4.78 is 24.7. The van der Waals surface area contributed by atoms with Crippen LogP contribution in [0.2, 0.25) is 5.15 Å². The zero-order valence-electron chi connectivity index (χ0n) is 6.60. The molecule has 0 spiro atoms. The molecular weight excluding hydrogens is 281 g/mol. The monoisotopic (exact) mass is 284 g/mol. The minimum Gasteiger partial charge on any atom is -0.364 e. The Morgan fingerprint density at radius 1 is 1.64 bits per heavy atom. The van der Waals surface area contributed by atoms with Gasteiger partial charge in [0.1, 0.15) is 10.8 Å². The Hall–Kier alpha value is -0.750. The van der Waals surface area contributed by atoms with Crippen LogP contribution in [0.25, 0.3) is 0 Å².